The van der Waals surface area contributed by atoms with Crippen LogP contribution in [0.25, 0.3) is 0 Å². The van der Waals surface area contributed by atoms with Crippen LogP contribution in [0.4, 0.5) is 11.4 Å². The number of benzene rings is 1. The molecule has 74 valence electrons. The van der Waals surface area contributed by atoms with E-state index in [2.05, 4.69) is 5.16 Å². The van der Waals surface area contributed by atoms with Crippen LogP contribution in [0.5, 0.6) is 0 Å². The Hall–Kier alpha value is -2.31. The predicted octanol–water partition coefficient (Wildman–Crippen LogP) is 0.271. The zero-order chi connectivity index (χ0) is 10.7. The van der Waals surface area contributed by atoms with Gasteiger partial charge in [-0.15, -0.1) is 0 Å². The molecule has 1 aromatic rings. The first-order valence-corrected chi connectivity index (χ1v) is 3.58. The molecule has 0 unspecified atom stereocenters. The van der Waals surface area contributed by atoms with Crippen LogP contribution in [0, 0.1) is 10.1 Å². The van der Waals surface area contributed by atoms with Crippen molar-refractivity contribution in [2.45, 2.75) is 0 Å². The van der Waals surface area contributed by atoms with Crippen molar-refractivity contribution in [2.24, 2.45) is 10.9 Å². The molecule has 7 heteroatoms. The second-order valence-corrected chi connectivity index (χ2v) is 2.51. The normalized spacial score (nSPS) is 11.3. The smallest absolute Gasteiger partial charge is 0.270 e. The molecule has 0 amide bonds. The third kappa shape index (κ3) is 1.71. The molecule has 0 atom stereocenters. The van der Waals surface area contributed by atoms with Crippen molar-refractivity contribution in [1.82, 2.24) is 0 Å². The van der Waals surface area contributed by atoms with Gasteiger partial charge in [-0.05, 0) is 6.07 Å². The average molecular weight is 196 g/mol. The van der Waals surface area contributed by atoms with Crippen molar-refractivity contribution < 1.29 is 10.1 Å². The van der Waals surface area contributed by atoms with Crippen molar-refractivity contribution in [2.75, 3.05) is 5.73 Å². The van der Waals surface area contributed by atoms with Crippen LogP contribution in [0.2, 0.25) is 0 Å². The minimum Gasteiger partial charge on any atom is -0.409 e. The molecule has 1 aromatic carbocycles. The third-order valence-electron chi connectivity index (χ3n) is 1.63. The van der Waals surface area contributed by atoms with Gasteiger partial charge in [0, 0.05) is 23.4 Å². The quantitative estimate of drug-likeness (QED) is 0.156. The summed E-state index contributed by atoms with van der Waals surface area (Å²) in [5.74, 6) is -0.258. The number of nitrogens with two attached hydrogens (primary N) is 2. The van der Waals surface area contributed by atoms with Gasteiger partial charge in [0.05, 0.1) is 4.92 Å². The maximum absolute atomic E-state index is 10.4. The molecule has 0 aromatic heterocycles. The highest BCUT2D eigenvalue weighted by Gasteiger charge is 2.11. The summed E-state index contributed by atoms with van der Waals surface area (Å²) >= 11 is 0. The molecule has 0 fully saturated rings. The number of hydrogen-bond donors (Lipinski definition) is 3. The summed E-state index contributed by atoms with van der Waals surface area (Å²) < 4.78 is 0. The fraction of sp³-hybridized carbons (Fsp3) is 0. The molecule has 7 nitrogen and oxygen atoms in total. The van der Waals surface area contributed by atoms with Gasteiger partial charge in [0.1, 0.15) is 0 Å². The number of anilines is 1. The molecule has 0 radical (unpaired) electrons. The monoisotopic (exact) mass is 196 g/mol. The summed E-state index contributed by atoms with van der Waals surface area (Å²) in [4.78, 5) is 9.81. The first-order chi connectivity index (χ1) is 6.56. The molecule has 0 aliphatic rings. The highest BCUT2D eigenvalue weighted by molar-refractivity contribution is 6.02. The third-order valence-corrected chi connectivity index (χ3v) is 1.63. The Bertz CT molecular complexity index is 402. The lowest BCUT2D eigenvalue weighted by Crippen LogP contribution is -2.15. The van der Waals surface area contributed by atoms with E-state index in [1.807, 2.05) is 0 Å². The van der Waals surface area contributed by atoms with Gasteiger partial charge >= 0.3 is 0 Å². The molecule has 0 heterocycles. The minimum atomic E-state index is -0.590. The van der Waals surface area contributed by atoms with Gasteiger partial charge in [0.2, 0.25) is 0 Å². The van der Waals surface area contributed by atoms with Gasteiger partial charge in [-0.3, -0.25) is 10.1 Å². The highest BCUT2D eigenvalue weighted by Crippen LogP contribution is 2.19. The summed E-state index contributed by atoms with van der Waals surface area (Å²) in [6.07, 6.45) is 0. The van der Waals surface area contributed by atoms with Gasteiger partial charge < -0.3 is 16.7 Å². The number of hydrogen-bond acceptors (Lipinski definition) is 5. The van der Waals surface area contributed by atoms with Crippen molar-refractivity contribution in [1.29, 1.82) is 0 Å². The summed E-state index contributed by atoms with van der Waals surface area (Å²) in [7, 11) is 0. The van der Waals surface area contributed by atoms with Gasteiger partial charge in [-0.25, -0.2) is 0 Å². The topological polar surface area (TPSA) is 128 Å². The number of nitro groups is 1. The number of nitrogen functional groups attached to an aromatic ring is 1. The Morgan fingerprint density at radius 3 is 2.71 bits per heavy atom. The van der Waals surface area contributed by atoms with Gasteiger partial charge in [-0.1, -0.05) is 5.16 Å². The lowest BCUT2D eigenvalue weighted by Gasteiger charge is -2.02. The SMILES string of the molecule is N/C(=N\O)c1cc([N+](=O)[O-])ccc1N. The van der Waals surface area contributed by atoms with Crippen LogP contribution in [0.3, 0.4) is 0 Å². The van der Waals surface area contributed by atoms with Crippen LogP contribution in [-0.4, -0.2) is 16.0 Å². The predicted molar refractivity (Wildman–Crippen MR) is 50.0 cm³/mol. The minimum absolute atomic E-state index is 0.140. The number of non-ortho nitro benzene ring substituents is 1. The molecule has 1 rings (SSSR count). The van der Waals surface area contributed by atoms with E-state index < -0.39 is 4.92 Å². The Morgan fingerprint density at radius 1 is 1.57 bits per heavy atom. The molecular weight excluding hydrogens is 188 g/mol. The molecule has 0 aliphatic heterocycles. The zero-order valence-corrected chi connectivity index (χ0v) is 7.04. The van der Waals surface area contributed by atoms with E-state index in [1.165, 1.54) is 12.1 Å². The molecule has 14 heavy (non-hydrogen) atoms. The van der Waals surface area contributed by atoms with Crippen molar-refractivity contribution in [3.05, 3.63) is 33.9 Å². The summed E-state index contributed by atoms with van der Waals surface area (Å²) in [5, 5.41) is 21.5. The maximum atomic E-state index is 10.4. The number of nitro benzene ring substituents is 1. The van der Waals surface area contributed by atoms with E-state index in [-0.39, 0.29) is 22.8 Å². The second-order valence-electron chi connectivity index (χ2n) is 2.51. The lowest BCUT2D eigenvalue weighted by molar-refractivity contribution is -0.384. The van der Waals surface area contributed by atoms with Gasteiger partial charge in [0.25, 0.3) is 5.69 Å². The van der Waals surface area contributed by atoms with Crippen LogP contribution < -0.4 is 11.5 Å². The zero-order valence-electron chi connectivity index (χ0n) is 7.04. The van der Waals surface area contributed by atoms with Crippen molar-refractivity contribution in [3.8, 4) is 0 Å². The molecule has 0 saturated carbocycles. The van der Waals surface area contributed by atoms with E-state index in [1.54, 1.807) is 0 Å². The Balaban J connectivity index is 3.28. The number of oxime groups is 1. The van der Waals surface area contributed by atoms with Crippen LogP contribution >= 0.6 is 0 Å². The number of rotatable bonds is 2. The summed E-state index contributed by atoms with van der Waals surface area (Å²) in [5.41, 5.74) is 10.9. The Morgan fingerprint density at radius 2 is 2.21 bits per heavy atom. The van der Waals surface area contributed by atoms with E-state index >= 15 is 0 Å². The van der Waals surface area contributed by atoms with E-state index in [9.17, 15) is 10.1 Å². The molecule has 0 bridgehead atoms. The van der Waals surface area contributed by atoms with Crippen LogP contribution in [0.1, 0.15) is 5.56 Å². The van der Waals surface area contributed by atoms with E-state index in [0.29, 0.717) is 0 Å². The van der Waals surface area contributed by atoms with Crippen LogP contribution in [0.15, 0.2) is 23.4 Å². The highest BCUT2D eigenvalue weighted by atomic mass is 16.6. The molecule has 0 spiro atoms. The average Bonchev–Trinajstić information content (AvgIpc) is 2.17. The van der Waals surface area contributed by atoms with Crippen molar-refractivity contribution >= 4 is 17.2 Å². The fourth-order valence-corrected chi connectivity index (χ4v) is 0.934. The molecule has 0 saturated heterocycles. The second kappa shape index (κ2) is 3.60. The number of amidine groups is 1. The maximum Gasteiger partial charge on any atom is 0.270 e. The van der Waals surface area contributed by atoms with Crippen LogP contribution in [-0.2, 0) is 0 Å². The molecule has 5 N–H and O–H groups in total. The van der Waals surface area contributed by atoms with Gasteiger partial charge in [-0.2, -0.15) is 0 Å². The fourth-order valence-electron chi connectivity index (χ4n) is 0.934. The van der Waals surface area contributed by atoms with E-state index in [4.69, 9.17) is 16.7 Å². The Labute approximate surface area is 78.8 Å². The summed E-state index contributed by atoms with van der Waals surface area (Å²) in [6, 6.07) is 3.71. The molecular formula is C7H8N4O3. The van der Waals surface area contributed by atoms with Gasteiger partial charge in [0.15, 0.2) is 5.84 Å². The number of nitrogens with zero attached hydrogens (tertiary/aromatic N) is 2. The molecule has 0 aliphatic carbocycles. The van der Waals surface area contributed by atoms with E-state index in [0.717, 1.165) is 6.07 Å². The first kappa shape index (κ1) is 9.78. The standard InChI is InChI=1S/C7H8N4O3/c8-6-2-1-4(11(13)14)3-5(6)7(9)10-12/h1-3,12H,8H2,(H2,9,10). The Kier molecular flexibility index (Phi) is 2.52. The largest absolute Gasteiger partial charge is 0.409 e. The van der Waals surface area contributed by atoms with Crippen molar-refractivity contribution in [3.63, 3.8) is 0 Å². The summed E-state index contributed by atoms with van der Waals surface area (Å²) in [6.45, 7) is 0. The first-order valence-electron chi connectivity index (χ1n) is 3.58. The lowest BCUT2D eigenvalue weighted by atomic mass is 10.1.